The Kier molecular flexibility index (Phi) is 9.65. The molecule has 0 aliphatic carbocycles. The van der Waals surface area contributed by atoms with Crippen molar-refractivity contribution in [3.8, 4) is 5.75 Å². The lowest BCUT2D eigenvalue weighted by Gasteiger charge is -2.12. The van der Waals surface area contributed by atoms with E-state index in [9.17, 15) is 9.59 Å². The first-order valence-electron chi connectivity index (χ1n) is 12.9. The Hall–Kier alpha value is -3.78. The van der Waals surface area contributed by atoms with Gasteiger partial charge in [-0.3, -0.25) is 4.79 Å². The molecule has 0 saturated carbocycles. The molecule has 5 rings (SSSR count). The zero-order valence-electron chi connectivity index (χ0n) is 21.8. The highest BCUT2D eigenvalue weighted by atomic mass is 127. The number of hydrogen-bond donors (Lipinski definition) is 0. The summed E-state index contributed by atoms with van der Waals surface area (Å²) in [5.74, 6) is -0.00979. The first kappa shape index (κ1) is 28.2. The third-order valence-electron chi connectivity index (χ3n) is 6.68. The fourth-order valence-electron chi connectivity index (χ4n) is 4.75. The molecule has 4 aromatic carbocycles. The predicted molar refractivity (Wildman–Crippen MR) is 148 cm³/mol. The number of esters is 2. The van der Waals surface area contributed by atoms with Crippen LogP contribution in [0.1, 0.15) is 40.7 Å². The standard InChI is InChI=1S/C33H30NO4.HI/c1-24-13-5-10-20-30(24)38-33(36)32-26-16-6-8-18-28(26)34(29-19-9-7-17-27(29)32)22-12-11-21-31(35)37-23-25-14-3-2-4-15-25;/h2-10,13-20H,11-12,21-23H2,1H3;1H/q+1;/p-1. The quantitative estimate of drug-likeness (QED) is 0.0622. The van der Waals surface area contributed by atoms with Gasteiger partial charge in [-0.05, 0) is 42.7 Å². The monoisotopic (exact) mass is 631 g/mol. The van der Waals surface area contributed by atoms with Gasteiger partial charge in [0.2, 0.25) is 11.0 Å². The van der Waals surface area contributed by atoms with Crippen LogP contribution in [0, 0.1) is 6.92 Å². The predicted octanol–water partition coefficient (Wildman–Crippen LogP) is 3.73. The van der Waals surface area contributed by atoms with Crippen molar-refractivity contribution >= 4 is 33.7 Å². The fourth-order valence-corrected chi connectivity index (χ4v) is 4.75. The van der Waals surface area contributed by atoms with E-state index in [4.69, 9.17) is 9.47 Å². The Morgan fingerprint density at radius 1 is 0.718 bits per heavy atom. The van der Waals surface area contributed by atoms with Crippen LogP contribution in [0.25, 0.3) is 21.8 Å². The zero-order chi connectivity index (χ0) is 26.3. The number of ether oxygens (including phenoxy) is 2. The number of pyridine rings is 1. The van der Waals surface area contributed by atoms with Gasteiger partial charge in [-0.1, -0.05) is 72.8 Å². The van der Waals surface area contributed by atoms with Crippen LogP contribution in [0.3, 0.4) is 0 Å². The summed E-state index contributed by atoms with van der Waals surface area (Å²) in [6, 6.07) is 33.0. The molecule has 0 N–H and O–H groups in total. The second kappa shape index (κ2) is 13.3. The Labute approximate surface area is 245 Å². The molecule has 198 valence electrons. The molecule has 0 aliphatic heterocycles. The van der Waals surface area contributed by atoms with E-state index in [1.807, 2.05) is 110 Å². The highest BCUT2D eigenvalue weighted by Gasteiger charge is 2.25. The molecular weight excluding hydrogens is 601 g/mol. The first-order valence-corrected chi connectivity index (χ1v) is 12.9. The van der Waals surface area contributed by atoms with Crippen molar-refractivity contribution in [2.45, 2.75) is 39.3 Å². The van der Waals surface area contributed by atoms with E-state index in [2.05, 4.69) is 4.57 Å². The number of halogens is 1. The fraction of sp³-hybridized carbons (Fsp3) is 0.182. The van der Waals surface area contributed by atoms with Gasteiger partial charge in [-0.25, -0.2) is 4.79 Å². The highest BCUT2D eigenvalue weighted by molar-refractivity contribution is 6.13. The van der Waals surface area contributed by atoms with Gasteiger partial charge < -0.3 is 33.5 Å². The maximum atomic E-state index is 13.5. The molecular formula is C33H30INO4. The third kappa shape index (κ3) is 6.63. The molecule has 0 spiro atoms. The number of aromatic nitrogens is 1. The summed E-state index contributed by atoms with van der Waals surface area (Å²) in [6.07, 6.45) is 1.87. The van der Waals surface area contributed by atoms with Crippen LogP contribution in [-0.4, -0.2) is 11.9 Å². The lowest BCUT2D eigenvalue weighted by molar-refractivity contribution is -0.645. The molecule has 0 aliphatic rings. The second-order valence-electron chi connectivity index (χ2n) is 9.32. The van der Waals surface area contributed by atoms with Crippen LogP contribution in [-0.2, 0) is 22.7 Å². The summed E-state index contributed by atoms with van der Waals surface area (Å²) in [5, 5.41) is 1.68. The smallest absolute Gasteiger partial charge is 0.345 e. The second-order valence-corrected chi connectivity index (χ2v) is 9.32. The van der Waals surface area contributed by atoms with E-state index >= 15 is 0 Å². The molecule has 5 aromatic rings. The van der Waals surface area contributed by atoms with Gasteiger partial charge in [-0.2, -0.15) is 4.57 Å². The maximum absolute atomic E-state index is 13.5. The molecule has 5 nitrogen and oxygen atoms in total. The van der Waals surface area contributed by atoms with E-state index in [1.54, 1.807) is 0 Å². The Bertz CT molecular complexity index is 1540. The topological polar surface area (TPSA) is 56.5 Å². The maximum Gasteiger partial charge on any atom is 0.345 e. The number of rotatable bonds is 9. The van der Waals surface area contributed by atoms with Crippen molar-refractivity contribution in [3.05, 3.63) is 120 Å². The third-order valence-corrected chi connectivity index (χ3v) is 6.68. The molecule has 0 saturated heterocycles. The zero-order valence-corrected chi connectivity index (χ0v) is 24.0. The van der Waals surface area contributed by atoms with Crippen molar-refractivity contribution in [1.82, 2.24) is 0 Å². The number of fused-ring (bicyclic) bond motifs is 2. The van der Waals surface area contributed by atoms with Gasteiger partial charge in [0.05, 0.1) is 16.3 Å². The SMILES string of the molecule is Cc1ccccc1OC(=O)c1c2ccccc2[n+](CCCCC(=O)OCc2ccccc2)c2ccccc12.[I-]. The molecule has 0 amide bonds. The Morgan fingerprint density at radius 2 is 1.31 bits per heavy atom. The van der Waals surface area contributed by atoms with E-state index in [1.165, 1.54) is 0 Å². The lowest BCUT2D eigenvalue weighted by atomic mass is 10.0. The number of unbranched alkanes of at least 4 members (excludes halogenated alkanes) is 1. The van der Waals surface area contributed by atoms with Gasteiger partial charge in [0.1, 0.15) is 18.9 Å². The Morgan fingerprint density at radius 3 is 1.97 bits per heavy atom. The minimum Gasteiger partial charge on any atom is -1.00 e. The summed E-state index contributed by atoms with van der Waals surface area (Å²) in [6.45, 7) is 2.93. The molecule has 0 fully saturated rings. The average molecular weight is 632 g/mol. The van der Waals surface area contributed by atoms with Crippen molar-refractivity contribution in [2.24, 2.45) is 0 Å². The summed E-state index contributed by atoms with van der Waals surface area (Å²) in [7, 11) is 0. The van der Waals surface area contributed by atoms with Gasteiger partial charge in [0, 0.05) is 25.0 Å². The number of benzene rings is 4. The van der Waals surface area contributed by atoms with Crippen LogP contribution in [0.4, 0.5) is 0 Å². The number of para-hydroxylation sites is 3. The summed E-state index contributed by atoms with van der Waals surface area (Å²) in [5.41, 5.74) is 4.35. The summed E-state index contributed by atoms with van der Waals surface area (Å²) >= 11 is 0. The minimum atomic E-state index is -0.375. The molecule has 1 aromatic heterocycles. The van der Waals surface area contributed by atoms with Gasteiger partial charge in [0.25, 0.3) is 0 Å². The van der Waals surface area contributed by atoms with Gasteiger partial charge >= 0.3 is 11.9 Å². The van der Waals surface area contributed by atoms with Crippen molar-refractivity contribution in [2.75, 3.05) is 0 Å². The highest BCUT2D eigenvalue weighted by Crippen LogP contribution is 2.27. The van der Waals surface area contributed by atoms with E-state index < -0.39 is 0 Å². The van der Waals surface area contributed by atoms with E-state index in [0.29, 0.717) is 37.3 Å². The molecule has 1 heterocycles. The number of carbonyl (C=O) groups excluding carboxylic acids is 2. The van der Waals surface area contributed by atoms with Crippen LogP contribution >= 0.6 is 0 Å². The van der Waals surface area contributed by atoms with Crippen LogP contribution in [0.2, 0.25) is 0 Å². The van der Waals surface area contributed by atoms with E-state index in [-0.39, 0.29) is 35.9 Å². The van der Waals surface area contributed by atoms with Crippen LogP contribution < -0.4 is 33.3 Å². The van der Waals surface area contributed by atoms with E-state index in [0.717, 1.165) is 39.4 Å². The molecule has 0 unspecified atom stereocenters. The number of nitrogens with zero attached hydrogens (tertiary/aromatic N) is 1. The number of aryl methyl sites for hydroxylation is 2. The first-order chi connectivity index (χ1) is 18.6. The minimum absolute atomic E-state index is 0. The molecule has 6 heteroatoms. The molecule has 0 radical (unpaired) electrons. The average Bonchev–Trinajstić information content (AvgIpc) is 2.95. The summed E-state index contributed by atoms with van der Waals surface area (Å²) < 4.78 is 13.5. The van der Waals surface area contributed by atoms with Gasteiger partial charge in [-0.15, -0.1) is 0 Å². The number of carbonyl (C=O) groups is 2. The van der Waals surface area contributed by atoms with Crippen LogP contribution in [0.15, 0.2) is 103 Å². The van der Waals surface area contributed by atoms with Crippen molar-refractivity contribution < 1.29 is 47.6 Å². The molecule has 0 bridgehead atoms. The van der Waals surface area contributed by atoms with Crippen LogP contribution in [0.5, 0.6) is 5.75 Å². The lowest BCUT2D eigenvalue weighted by Crippen LogP contribution is -3.00. The summed E-state index contributed by atoms with van der Waals surface area (Å²) in [4.78, 5) is 25.8. The molecule has 0 atom stereocenters. The van der Waals surface area contributed by atoms with Gasteiger partial charge in [0.15, 0.2) is 0 Å². The normalized spacial score (nSPS) is 10.7. The van der Waals surface area contributed by atoms with Crippen molar-refractivity contribution in [3.63, 3.8) is 0 Å². The largest absolute Gasteiger partial charge is 1.00 e. The Balaban J connectivity index is 0.00000353. The van der Waals surface area contributed by atoms with Crippen molar-refractivity contribution in [1.29, 1.82) is 0 Å². The molecule has 39 heavy (non-hydrogen) atoms. The number of hydrogen-bond acceptors (Lipinski definition) is 4.